The van der Waals surface area contributed by atoms with Crippen molar-refractivity contribution in [2.45, 2.75) is 17.2 Å². The zero-order valence-electron chi connectivity index (χ0n) is 8.59. The van der Waals surface area contributed by atoms with E-state index in [1.54, 1.807) is 0 Å². The number of carboxylic acid groups (broad SMARTS) is 1. The standard InChI is InChI=1S/C10H9FO5S/c11-17(14,15)7-1-2-9-8(4-7)6(5-16-9)3-10(12)13/h1-2,4,6H,3,5H2,(H,12,13). The molecule has 1 heterocycles. The summed E-state index contributed by atoms with van der Waals surface area (Å²) in [6, 6.07) is 3.56. The van der Waals surface area contributed by atoms with Crippen molar-refractivity contribution in [2.24, 2.45) is 0 Å². The number of carbonyl (C=O) groups is 1. The molecule has 17 heavy (non-hydrogen) atoms. The number of hydrogen-bond donors (Lipinski definition) is 1. The smallest absolute Gasteiger partial charge is 0.332 e. The van der Waals surface area contributed by atoms with Gasteiger partial charge in [0.2, 0.25) is 0 Å². The van der Waals surface area contributed by atoms with Crippen LogP contribution in [0.5, 0.6) is 5.75 Å². The maximum Gasteiger partial charge on any atom is 0.332 e. The van der Waals surface area contributed by atoms with Gasteiger partial charge < -0.3 is 9.84 Å². The summed E-state index contributed by atoms with van der Waals surface area (Å²) in [5, 5.41) is 8.68. The SMILES string of the molecule is O=C(O)CC1COc2ccc(S(=O)(=O)F)cc21. The quantitative estimate of drug-likeness (QED) is 0.828. The Morgan fingerprint density at radius 1 is 1.53 bits per heavy atom. The Balaban J connectivity index is 2.40. The van der Waals surface area contributed by atoms with Gasteiger partial charge in [-0.3, -0.25) is 4.79 Å². The Morgan fingerprint density at radius 3 is 2.82 bits per heavy atom. The van der Waals surface area contributed by atoms with Gasteiger partial charge in [0.05, 0.1) is 17.9 Å². The maximum atomic E-state index is 12.8. The van der Waals surface area contributed by atoms with Gasteiger partial charge in [-0.2, -0.15) is 8.42 Å². The molecular weight excluding hydrogens is 251 g/mol. The van der Waals surface area contributed by atoms with Crippen molar-refractivity contribution < 1.29 is 26.9 Å². The molecule has 0 aromatic heterocycles. The molecular formula is C10H9FO5S. The predicted octanol–water partition coefficient (Wildman–Crippen LogP) is 1.30. The molecule has 2 rings (SSSR count). The molecule has 0 spiro atoms. The van der Waals surface area contributed by atoms with E-state index in [1.165, 1.54) is 6.07 Å². The Hall–Kier alpha value is -1.63. The molecule has 1 unspecified atom stereocenters. The molecule has 1 aliphatic rings. The van der Waals surface area contributed by atoms with Crippen LogP contribution in [0.2, 0.25) is 0 Å². The van der Waals surface area contributed by atoms with E-state index >= 15 is 0 Å². The van der Waals surface area contributed by atoms with Crippen LogP contribution in [0.15, 0.2) is 23.1 Å². The molecule has 1 aliphatic heterocycles. The van der Waals surface area contributed by atoms with E-state index in [0.717, 1.165) is 12.1 Å². The van der Waals surface area contributed by atoms with Crippen molar-refractivity contribution in [1.82, 2.24) is 0 Å². The number of fused-ring (bicyclic) bond motifs is 1. The van der Waals surface area contributed by atoms with E-state index in [2.05, 4.69) is 0 Å². The minimum Gasteiger partial charge on any atom is -0.493 e. The van der Waals surface area contributed by atoms with E-state index in [1.807, 2.05) is 0 Å². The monoisotopic (exact) mass is 260 g/mol. The lowest BCUT2D eigenvalue weighted by Gasteiger charge is -2.05. The van der Waals surface area contributed by atoms with Gasteiger partial charge in [0.1, 0.15) is 5.75 Å². The summed E-state index contributed by atoms with van der Waals surface area (Å²) in [6.07, 6.45) is -0.178. The lowest BCUT2D eigenvalue weighted by atomic mass is 9.98. The van der Waals surface area contributed by atoms with Crippen molar-refractivity contribution >= 4 is 16.2 Å². The zero-order chi connectivity index (χ0) is 12.6. The number of aliphatic carboxylic acids is 1. The zero-order valence-corrected chi connectivity index (χ0v) is 9.41. The van der Waals surface area contributed by atoms with Gasteiger partial charge in [-0.05, 0) is 18.2 Å². The summed E-state index contributed by atoms with van der Waals surface area (Å²) in [7, 11) is -4.78. The summed E-state index contributed by atoms with van der Waals surface area (Å²) in [5.41, 5.74) is 0.422. The molecule has 0 saturated carbocycles. The first-order chi connectivity index (χ1) is 7.88. The molecule has 0 aliphatic carbocycles. The highest BCUT2D eigenvalue weighted by Crippen LogP contribution is 2.37. The fourth-order valence-corrected chi connectivity index (χ4v) is 2.29. The van der Waals surface area contributed by atoms with E-state index in [4.69, 9.17) is 9.84 Å². The second-order valence-corrected chi connectivity index (χ2v) is 5.09. The van der Waals surface area contributed by atoms with Crippen LogP contribution in [0, 0.1) is 0 Å². The van der Waals surface area contributed by atoms with Gasteiger partial charge in [0.15, 0.2) is 0 Å². The second kappa shape index (κ2) is 3.99. The minimum atomic E-state index is -4.78. The first-order valence-corrected chi connectivity index (χ1v) is 6.19. The highest BCUT2D eigenvalue weighted by atomic mass is 32.3. The predicted molar refractivity (Wildman–Crippen MR) is 55.2 cm³/mol. The Labute approximate surface area is 97.0 Å². The van der Waals surface area contributed by atoms with Crippen LogP contribution in [-0.2, 0) is 15.0 Å². The number of benzene rings is 1. The van der Waals surface area contributed by atoms with Crippen molar-refractivity contribution in [3.05, 3.63) is 23.8 Å². The topological polar surface area (TPSA) is 80.7 Å². The molecule has 1 N–H and O–H groups in total. The number of ether oxygens (including phenoxy) is 1. The summed E-state index contributed by atoms with van der Waals surface area (Å²) in [6.45, 7) is 0.164. The molecule has 5 nitrogen and oxygen atoms in total. The summed E-state index contributed by atoms with van der Waals surface area (Å²) in [4.78, 5) is 10.1. The third-order valence-electron chi connectivity index (χ3n) is 2.56. The van der Waals surface area contributed by atoms with Crippen LogP contribution in [0.1, 0.15) is 17.9 Å². The first-order valence-electron chi connectivity index (χ1n) is 4.81. The van der Waals surface area contributed by atoms with E-state index < -0.39 is 27.0 Å². The molecule has 92 valence electrons. The van der Waals surface area contributed by atoms with Crippen LogP contribution in [0.3, 0.4) is 0 Å². The number of halogens is 1. The molecule has 0 radical (unpaired) electrons. The number of hydrogen-bond acceptors (Lipinski definition) is 4. The molecule has 1 aromatic carbocycles. The highest BCUT2D eigenvalue weighted by Gasteiger charge is 2.28. The Morgan fingerprint density at radius 2 is 2.24 bits per heavy atom. The molecule has 0 fully saturated rings. The molecule has 0 bridgehead atoms. The van der Waals surface area contributed by atoms with E-state index in [-0.39, 0.29) is 13.0 Å². The van der Waals surface area contributed by atoms with Crippen LogP contribution in [0.4, 0.5) is 3.89 Å². The number of carboxylic acids is 1. The number of rotatable bonds is 3. The van der Waals surface area contributed by atoms with Gasteiger partial charge in [-0.15, -0.1) is 3.89 Å². The van der Waals surface area contributed by atoms with Gasteiger partial charge in [-0.1, -0.05) is 0 Å². The van der Waals surface area contributed by atoms with E-state index in [0.29, 0.717) is 11.3 Å². The van der Waals surface area contributed by atoms with Crippen molar-refractivity contribution in [2.75, 3.05) is 6.61 Å². The third kappa shape index (κ3) is 2.38. The van der Waals surface area contributed by atoms with Gasteiger partial charge >= 0.3 is 16.2 Å². The molecule has 1 aromatic rings. The lowest BCUT2D eigenvalue weighted by molar-refractivity contribution is -0.137. The summed E-state index contributed by atoms with van der Waals surface area (Å²) >= 11 is 0. The van der Waals surface area contributed by atoms with E-state index in [9.17, 15) is 17.1 Å². The van der Waals surface area contributed by atoms with Gasteiger partial charge in [-0.25, -0.2) is 0 Å². The van der Waals surface area contributed by atoms with Crippen molar-refractivity contribution in [3.63, 3.8) is 0 Å². The maximum absolute atomic E-state index is 12.8. The minimum absolute atomic E-state index is 0.164. The van der Waals surface area contributed by atoms with Crippen LogP contribution in [-0.4, -0.2) is 26.1 Å². The molecule has 1 atom stereocenters. The van der Waals surface area contributed by atoms with Crippen LogP contribution in [0.25, 0.3) is 0 Å². The van der Waals surface area contributed by atoms with Gasteiger partial charge in [0.25, 0.3) is 0 Å². The fourth-order valence-electron chi connectivity index (χ4n) is 1.79. The van der Waals surface area contributed by atoms with Crippen LogP contribution >= 0.6 is 0 Å². The summed E-state index contributed by atoms with van der Waals surface area (Å²) in [5.74, 6) is -1.05. The average molecular weight is 260 g/mol. The molecule has 0 amide bonds. The normalized spacial score (nSPS) is 18.5. The largest absolute Gasteiger partial charge is 0.493 e. The fraction of sp³-hybridized carbons (Fsp3) is 0.300. The molecule has 7 heteroatoms. The van der Waals surface area contributed by atoms with Crippen molar-refractivity contribution in [1.29, 1.82) is 0 Å². The lowest BCUT2D eigenvalue weighted by Crippen LogP contribution is -2.07. The third-order valence-corrected chi connectivity index (χ3v) is 3.38. The van der Waals surface area contributed by atoms with Crippen LogP contribution < -0.4 is 4.74 Å². The Bertz CT molecular complexity index is 566. The van der Waals surface area contributed by atoms with Crippen molar-refractivity contribution in [3.8, 4) is 5.75 Å². The van der Waals surface area contributed by atoms with Gasteiger partial charge in [0, 0.05) is 11.5 Å². The molecule has 0 saturated heterocycles. The highest BCUT2D eigenvalue weighted by molar-refractivity contribution is 7.86. The first kappa shape index (κ1) is 11.8. The average Bonchev–Trinajstić information content (AvgIpc) is 2.59. The Kier molecular flexibility index (Phi) is 2.78. The summed E-state index contributed by atoms with van der Waals surface area (Å²) < 4.78 is 39.5. The second-order valence-electron chi connectivity index (χ2n) is 3.74.